The van der Waals surface area contributed by atoms with E-state index in [0.717, 1.165) is 5.69 Å². The molecule has 0 radical (unpaired) electrons. The van der Waals surface area contributed by atoms with E-state index in [1.54, 1.807) is 29.0 Å². The van der Waals surface area contributed by atoms with Crippen molar-refractivity contribution >= 4 is 22.8 Å². The highest BCUT2D eigenvalue weighted by atomic mass is 32.1. The number of pyridine rings is 1. The topological polar surface area (TPSA) is 78.8 Å². The van der Waals surface area contributed by atoms with Gasteiger partial charge in [-0.05, 0) is 12.1 Å². The molecule has 0 fully saturated rings. The van der Waals surface area contributed by atoms with Crippen LogP contribution in [0.1, 0.15) is 11.4 Å². The maximum absolute atomic E-state index is 8.86. The van der Waals surface area contributed by atoms with Gasteiger partial charge in [-0.3, -0.25) is 0 Å². The van der Waals surface area contributed by atoms with Gasteiger partial charge in [-0.15, -0.1) is 11.3 Å². The van der Waals surface area contributed by atoms with E-state index in [0.29, 0.717) is 18.1 Å². The van der Waals surface area contributed by atoms with Gasteiger partial charge in [0.25, 0.3) is 0 Å². The Morgan fingerprint density at radius 3 is 3.00 bits per heavy atom. The van der Waals surface area contributed by atoms with Crippen LogP contribution in [0, 0.1) is 11.3 Å². The molecule has 2 aromatic heterocycles. The molecular formula is C11H11N5S. The fourth-order valence-electron chi connectivity index (χ4n) is 1.40. The van der Waals surface area contributed by atoms with E-state index < -0.39 is 0 Å². The number of rotatable bonds is 3. The van der Waals surface area contributed by atoms with Crippen molar-refractivity contribution in [1.82, 2.24) is 9.97 Å². The second kappa shape index (κ2) is 4.80. The van der Waals surface area contributed by atoms with Gasteiger partial charge in [0.05, 0.1) is 23.4 Å². The SMILES string of the molecule is CN(Cc1cscn1)c1ccc(N)c(C#N)n1. The predicted octanol–water partition coefficient (Wildman–Crippen LogP) is 1.63. The van der Waals surface area contributed by atoms with E-state index in [9.17, 15) is 0 Å². The Balaban J connectivity index is 2.20. The lowest BCUT2D eigenvalue weighted by atomic mass is 10.3. The van der Waals surface area contributed by atoms with E-state index in [1.165, 1.54) is 0 Å². The average Bonchev–Trinajstić information content (AvgIpc) is 2.82. The van der Waals surface area contributed by atoms with E-state index >= 15 is 0 Å². The Bertz CT molecular complexity index is 543. The molecule has 0 aliphatic carbocycles. The molecule has 86 valence electrons. The van der Waals surface area contributed by atoms with Crippen LogP contribution in [-0.4, -0.2) is 17.0 Å². The second-order valence-electron chi connectivity index (χ2n) is 3.55. The first-order valence-corrected chi connectivity index (χ1v) is 5.90. The first-order chi connectivity index (χ1) is 8.20. The molecule has 0 bridgehead atoms. The predicted molar refractivity (Wildman–Crippen MR) is 67.6 cm³/mol. The quantitative estimate of drug-likeness (QED) is 0.889. The van der Waals surface area contributed by atoms with Crippen molar-refractivity contribution in [3.63, 3.8) is 0 Å². The van der Waals surface area contributed by atoms with Gasteiger partial charge < -0.3 is 10.6 Å². The van der Waals surface area contributed by atoms with Crippen molar-refractivity contribution in [2.45, 2.75) is 6.54 Å². The van der Waals surface area contributed by atoms with Crippen molar-refractivity contribution < 1.29 is 0 Å². The number of anilines is 2. The van der Waals surface area contributed by atoms with E-state index in [4.69, 9.17) is 11.0 Å². The average molecular weight is 245 g/mol. The molecule has 2 rings (SSSR count). The standard InChI is InChI=1S/C11H11N5S/c1-16(5-8-6-17-7-14-8)11-3-2-9(13)10(4-12)15-11/h2-3,6-7H,5,13H2,1H3. The zero-order chi connectivity index (χ0) is 12.3. The largest absolute Gasteiger partial charge is 0.396 e. The highest BCUT2D eigenvalue weighted by Gasteiger charge is 2.07. The lowest BCUT2D eigenvalue weighted by molar-refractivity contribution is 0.873. The molecule has 0 atom stereocenters. The van der Waals surface area contributed by atoms with Gasteiger partial charge in [0.1, 0.15) is 11.9 Å². The summed E-state index contributed by atoms with van der Waals surface area (Å²) < 4.78 is 0. The van der Waals surface area contributed by atoms with Gasteiger partial charge in [-0.1, -0.05) is 0 Å². The highest BCUT2D eigenvalue weighted by molar-refractivity contribution is 7.07. The summed E-state index contributed by atoms with van der Waals surface area (Å²) in [6.45, 7) is 0.658. The number of thiazole rings is 1. The number of hydrogen-bond acceptors (Lipinski definition) is 6. The Kier molecular flexibility index (Phi) is 3.21. The summed E-state index contributed by atoms with van der Waals surface area (Å²) in [7, 11) is 1.90. The molecule has 2 N–H and O–H groups in total. The first-order valence-electron chi connectivity index (χ1n) is 4.95. The van der Waals surface area contributed by atoms with Crippen LogP contribution in [0.15, 0.2) is 23.0 Å². The monoisotopic (exact) mass is 245 g/mol. The van der Waals surface area contributed by atoms with Crippen LogP contribution < -0.4 is 10.6 Å². The summed E-state index contributed by atoms with van der Waals surface area (Å²) in [4.78, 5) is 10.3. The zero-order valence-corrected chi connectivity index (χ0v) is 10.1. The van der Waals surface area contributed by atoms with Crippen molar-refractivity contribution in [2.24, 2.45) is 0 Å². The van der Waals surface area contributed by atoms with Gasteiger partial charge in [-0.25, -0.2) is 9.97 Å². The molecule has 0 aliphatic rings. The molecule has 2 aromatic rings. The van der Waals surface area contributed by atoms with Gasteiger partial charge in [0.2, 0.25) is 0 Å². The van der Waals surface area contributed by atoms with Gasteiger partial charge in [0, 0.05) is 12.4 Å². The normalized spacial score (nSPS) is 9.88. The second-order valence-corrected chi connectivity index (χ2v) is 4.27. The molecule has 0 amide bonds. The molecule has 0 saturated carbocycles. The van der Waals surface area contributed by atoms with Crippen LogP contribution in [-0.2, 0) is 6.54 Å². The summed E-state index contributed by atoms with van der Waals surface area (Å²) >= 11 is 1.56. The van der Waals surface area contributed by atoms with E-state index in [1.807, 2.05) is 23.4 Å². The smallest absolute Gasteiger partial charge is 0.165 e. The Morgan fingerprint density at radius 2 is 2.35 bits per heavy atom. The summed E-state index contributed by atoms with van der Waals surface area (Å²) in [5, 5.41) is 10.8. The molecule has 17 heavy (non-hydrogen) atoms. The molecule has 6 heteroatoms. The highest BCUT2D eigenvalue weighted by Crippen LogP contribution is 2.17. The number of nitrogens with two attached hydrogens (primary N) is 1. The minimum absolute atomic E-state index is 0.257. The molecule has 0 unspecified atom stereocenters. The van der Waals surface area contributed by atoms with Crippen molar-refractivity contribution in [2.75, 3.05) is 17.7 Å². The summed E-state index contributed by atoms with van der Waals surface area (Å²) in [6.07, 6.45) is 0. The molecular weight excluding hydrogens is 234 g/mol. The number of nitriles is 1. The van der Waals surface area contributed by atoms with Gasteiger partial charge in [0.15, 0.2) is 5.69 Å². The summed E-state index contributed by atoms with van der Waals surface area (Å²) in [5.41, 5.74) is 9.05. The third-order valence-electron chi connectivity index (χ3n) is 2.29. The van der Waals surface area contributed by atoms with Crippen molar-refractivity contribution in [1.29, 1.82) is 5.26 Å². The van der Waals surface area contributed by atoms with Crippen LogP contribution in [0.25, 0.3) is 0 Å². The van der Waals surface area contributed by atoms with Crippen LogP contribution in [0.3, 0.4) is 0 Å². The minimum Gasteiger partial charge on any atom is -0.396 e. The fourth-order valence-corrected chi connectivity index (χ4v) is 1.95. The minimum atomic E-state index is 0.257. The van der Waals surface area contributed by atoms with E-state index in [-0.39, 0.29) is 5.69 Å². The number of nitrogen functional groups attached to an aromatic ring is 1. The Hall–Kier alpha value is -2.13. The lowest BCUT2D eigenvalue weighted by Crippen LogP contribution is -2.18. The Labute approximate surface area is 103 Å². The third kappa shape index (κ3) is 2.52. The number of aromatic nitrogens is 2. The summed E-state index contributed by atoms with van der Waals surface area (Å²) in [5.74, 6) is 0.712. The molecule has 0 spiro atoms. The van der Waals surface area contributed by atoms with Crippen LogP contribution in [0.5, 0.6) is 0 Å². The maximum atomic E-state index is 8.86. The summed E-state index contributed by atoms with van der Waals surface area (Å²) in [6, 6.07) is 5.46. The van der Waals surface area contributed by atoms with E-state index in [2.05, 4.69) is 9.97 Å². The van der Waals surface area contributed by atoms with Crippen molar-refractivity contribution in [3.8, 4) is 6.07 Å². The maximum Gasteiger partial charge on any atom is 0.165 e. The lowest BCUT2D eigenvalue weighted by Gasteiger charge is -2.17. The molecule has 2 heterocycles. The number of hydrogen-bond donors (Lipinski definition) is 1. The van der Waals surface area contributed by atoms with Crippen molar-refractivity contribution in [3.05, 3.63) is 34.4 Å². The third-order valence-corrected chi connectivity index (χ3v) is 2.93. The molecule has 0 saturated heterocycles. The molecule has 0 aliphatic heterocycles. The first kappa shape index (κ1) is 11.4. The number of nitrogens with zero attached hydrogens (tertiary/aromatic N) is 4. The molecule has 0 aromatic carbocycles. The van der Waals surface area contributed by atoms with Crippen LogP contribution in [0.2, 0.25) is 0 Å². The fraction of sp³-hybridized carbons (Fsp3) is 0.182. The van der Waals surface area contributed by atoms with Crippen LogP contribution in [0.4, 0.5) is 11.5 Å². The van der Waals surface area contributed by atoms with Gasteiger partial charge in [-0.2, -0.15) is 5.26 Å². The van der Waals surface area contributed by atoms with Gasteiger partial charge >= 0.3 is 0 Å². The molecule has 5 nitrogen and oxygen atoms in total. The zero-order valence-electron chi connectivity index (χ0n) is 9.29. The Morgan fingerprint density at radius 1 is 1.53 bits per heavy atom. The van der Waals surface area contributed by atoms with Crippen LogP contribution >= 0.6 is 11.3 Å².